The molecule has 1 aromatic rings. The van der Waals surface area contributed by atoms with Gasteiger partial charge in [-0.1, -0.05) is 30.4 Å². The second-order valence-corrected chi connectivity index (χ2v) is 5.95. The van der Waals surface area contributed by atoms with Gasteiger partial charge in [0.05, 0.1) is 25.3 Å². The summed E-state index contributed by atoms with van der Waals surface area (Å²) in [6.45, 7) is 0. The largest absolute Gasteiger partial charge is 0.465 e. The summed E-state index contributed by atoms with van der Waals surface area (Å²) in [5.74, 6) is 0.363. The van der Waals surface area contributed by atoms with E-state index >= 15 is 0 Å². The van der Waals surface area contributed by atoms with E-state index in [1.165, 1.54) is 14.2 Å². The molecule has 0 saturated carbocycles. The van der Waals surface area contributed by atoms with Crippen molar-refractivity contribution in [3.8, 4) is 0 Å². The highest BCUT2D eigenvalue weighted by Crippen LogP contribution is 2.59. The molecule has 3 aliphatic carbocycles. The summed E-state index contributed by atoms with van der Waals surface area (Å²) in [6.07, 6.45) is 8.81. The molecule has 0 radical (unpaired) electrons. The molecular weight excluding hydrogens is 280 g/mol. The first-order valence-corrected chi connectivity index (χ1v) is 7.37. The Balaban J connectivity index is 1.97. The number of methoxy groups -OCH3 is 2. The second-order valence-electron chi connectivity index (χ2n) is 5.95. The molecule has 0 aliphatic heterocycles. The highest BCUT2D eigenvalue weighted by molar-refractivity contribution is 6.05. The lowest BCUT2D eigenvalue weighted by Crippen LogP contribution is -2.16. The molecular formula is C18H16O4. The SMILES string of the molecule is COC(=O)c1ccc2c(c1C(=O)OC)[C@@H]1C=C[C@@H]3C=C[C@H]2[C@@H]31. The van der Waals surface area contributed by atoms with Crippen molar-refractivity contribution >= 4 is 11.9 Å². The molecule has 0 saturated heterocycles. The van der Waals surface area contributed by atoms with E-state index in [4.69, 9.17) is 9.47 Å². The maximum Gasteiger partial charge on any atom is 0.339 e. The predicted octanol–water partition coefficient (Wildman–Crippen LogP) is 2.81. The van der Waals surface area contributed by atoms with Gasteiger partial charge in [-0.2, -0.15) is 0 Å². The number of carbonyl (C=O) groups is 2. The van der Waals surface area contributed by atoms with Crippen molar-refractivity contribution in [3.63, 3.8) is 0 Å². The normalized spacial score (nSPS) is 29.4. The van der Waals surface area contributed by atoms with Crippen molar-refractivity contribution < 1.29 is 19.1 Å². The number of hydrogen-bond acceptors (Lipinski definition) is 4. The third-order valence-corrected chi connectivity index (χ3v) is 5.12. The molecule has 4 heteroatoms. The van der Waals surface area contributed by atoms with Gasteiger partial charge in [0.2, 0.25) is 0 Å². The molecule has 0 aromatic heterocycles. The molecule has 4 nitrogen and oxygen atoms in total. The van der Waals surface area contributed by atoms with Crippen LogP contribution in [-0.2, 0) is 9.47 Å². The first kappa shape index (κ1) is 13.3. The van der Waals surface area contributed by atoms with Gasteiger partial charge in [0, 0.05) is 11.8 Å². The summed E-state index contributed by atoms with van der Waals surface area (Å²) < 4.78 is 9.76. The summed E-state index contributed by atoms with van der Waals surface area (Å²) in [6, 6.07) is 3.64. The maximum atomic E-state index is 12.3. The number of allylic oxidation sites excluding steroid dienone is 4. The van der Waals surface area contributed by atoms with E-state index in [0.29, 0.717) is 23.3 Å². The highest BCUT2D eigenvalue weighted by Gasteiger charge is 2.49. The van der Waals surface area contributed by atoms with E-state index in [1.54, 1.807) is 6.07 Å². The Morgan fingerprint density at radius 3 is 2.27 bits per heavy atom. The van der Waals surface area contributed by atoms with Crippen LogP contribution in [0.4, 0.5) is 0 Å². The van der Waals surface area contributed by atoms with Crippen LogP contribution in [0.25, 0.3) is 0 Å². The van der Waals surface area contributed by atoms with Gasteiger partial charge in [-0.05, 0) is 29.0 Å². The highest BCUT2D eigenvalue weighted by atomic mass is 16.5. The summed E-state index contributed by atoms with van der Waals surface area (Å²) >= 11 is 0. The van der Waals surface area contributed by atoms with Crippen LogP contribution in [0.5, 0.6) is 0 Å². The van der Waals surface area contributed by atoms with Gasteiger partial charge in [0.1, 0.15) is 0 Å². The summed E-state index contributed by atoms with van der Waals surface area (Å²) in [7, 11) is 2.66. The van der Waals surface area contributed by atoms with Gasteiger partial charge in [-0.3, -0.25) is 0 Å². The Bertz CT molecular complexity index is 744. The Morgan fingerprint density at radius 1 is 0.909 bits per heavy atom. The van der Waals surface area contributed by atoms with Gasteiger partial charge in [0.25, 0.3) is 0 Å². The average molecular weight is 296 g/mol. The summed E-state index contributed by atoms with van der Waals surface area (Å²) in [4.78, 5) is 24.4. The summed E-state index contributed by atoms with van der Waals surface area (Å²) in [5.41, 5.74) is 2.72. The topological polar surface area (TPSA) is 52.6 Å². The summed E-state index contributed by atoms with van der Waals surface area (Å²) in [5, 5.41) is 0. The monoisotopic (exact) mass is 296 g/mol. The van der Waals surface area contributed by atoms with Crippen LogP contribution in [0, 0.1) is 11.8 Å². The fourth-order valence-electron chi connectivity index (χ4n) is 4.26. The molecule has 4 atom stereocenters. The number of ether oxygens (including phenoxy) is 2. The van der Waals surface area contributed by atoms with Crippen molar-refractivity contribution in [1.82, 2.24) is 0 Å². The van der Waals surface area contributed by atoms with Crippen molar-refractivity contribution in [2.45, 2.75) is 11.8 Å². The van der Waals surface area contributed by atoms with E-state index in [0.717, 1.165) is 11.1 Å². The van der Waals surface area contributed by atoms with Crippen molar-refractivity contribution in [2.24, 2.45) is 11.8 Å². The van der Waals surface area contributed by atoms with E-state index < -0.39 is 11.9 Å². The molecule has 0 unspecified atom stereocenters. The van der Waals surface area contributed by atoms with Gasteiger partial charge in [-0.25, -0.2) is 9.59 Å². The smallest absolute Gasteiger partial charge is 0.339 e. The van der Waals surface area contributed by atoms with E-state index in [-0.39, 0.29) is 11.5 Å². The molecule has 0 spiro atoms. The molecule has 0 amide bonds. The van der Waals surface area contributed by atoms with E-state index in [2.05, 4.69) is 24.3 Å². The van der Waals surface area contributed by atoms with E-state index in [9.17, 15) is 9.59 Å². The van der Waals surface area contributed by atoms with Crippen molar-refractivity contribution in [1.29, 1.82) is 0 Å². The molecule has 0 N–H and O–H groups in total. The van der Waals surface area contributed by atoms with Crippen molar-refractivity contribution in [2.75, 3.05) is 14.2 Å². The van der Waals surface area contributed by atoms with Crippen LogP contribution in [0.3, 0.4) is 0 Å². The fourth-order valence-corrected chi connectivity index (χ4v) is 4.26. The molecule has 3 aliphatic rings. The molecule has 4 rings (SSSR count). The van der Waals surface area contributed by atoms with Crippen LogP contribution < -0.4 is 0 Å². The number of fused-ring (bicyclic) bond motifs is 3. The Hall–Kier alpha value is -2.36. The lowest BCUT2D eigenvalue weighted by molar-refractivity contribution is 0.0554. The molecule has 0 fully saturated rings. The number of carbonyl (C=O) groups excluding carboxylic acids is 2. The molecule has 0 heterocycles. The Labute approximate surface area is 128 Å². The van der Waals surface area contributed by atoms with Crippen molar-refractivity contribution in [3.05, 3.63) is 58.7 Å². The van der Waals surface area contributed by atoms with Gasteiger partial charge in [-0.15, -0.1) is 0 Å². The van der Waals surface area contributed by atoms with Crippen LogP contribution in [-0.4, -0.2) is 26.2 Å². The zero-order valence-electron chi connectivity index (χ0n) is 12.4. The number of rotatable bonds is 2. The second kappa shape index (κ2) is 4.57. The van der Waals surface area contributed by atoms with Crippen LogP contribution in [0.2, 0.25) is 0 Å². The number of esters is 2. The van der Waals surface area contributed by atoms with Gasteiger partial charge in [0.15, 0.2) is 0 Å². The number of benzene rings is 1. The molecule has 22 heavy (non-hydrogen) atoms. The standard InChI is InChI=1S/C18H16O4/c1-21-17(19)13-8-7-11-10-5-3-9-4-6-12(14(9)10)15(11)16(13)18(20)22-2/h3-10,12,14H,1-2H3/t9-,10+,12+,14+/m0/s1. The van der Waals surface area contributed by atoms with Gasteiger partial charge >= 0.3 is 11.9 Å². The number of hydrogen-bond donors (Lipinski definition) is 0. The Kier molecular flexibility index (Phi) is 2.76. The average Bonchev–Trinajstić information content (AvgIpc) is 3.21. The van der Waals surface area contributed by atoms with Crippen LogP contribution in [0.15, 0.2) is 36.4 Å². The molecule has 112 valence electrons. The third-order valence-electron chi connectivity index (χ3n) is 5.12. The zero-order chi connectivity index (χ0) is 15.4. The maximum absolute atomic E-state index is 12.3. The first-order chi connectivity index (χ1) is 10.7. The van der Waals surface area contributed by atoms with Crippen LogP contribution >= 0.6 is 0 Å². The zero-order valence-corrected chi connectivity index (χ0v) is 12.4. The van der Waals surface area contributed by atoms with E-state index in [1.807, 2.05) is 6.07 Å². The third kappa shape index (κ3) is 1.52. The Morgan fingerprint density at radius 2 is 1.59 bits per heavy atom. The lowest BCUT2D eigenvalue weighted by Gasteiger charge is -2.16. The minimum atomic E-state index is -0.505. The predicted molar refractivity (Wildman–Crippen MR) is 79.9 cm³/mol. The molecule has 1 aromatic carbocycles. The van der Waals surface area contributed by atoms with Crippen LogP contribution in [0.1, 0.15) is 43.7 Å². The first-order valence-electron chi connectivity index (χ1n) is 7.37. The lowest BCUT2D eigenvalue weighted by atomic mass is 9.87. The fraction of sp³-hybridized carbons (Fsp3) is 0.333. The minimum Gasteiger partial charge on any atom is -0.465 e. The minimum absolute atomic E-state index is 0.165. The molecule has 0 bridgehead atoms. The van der Waals surface area contributed by atoms with Gasteiger partial charge < -0.3 is 9.47 Å². The quantitative estimate of drug-likeness (QED) is 0.622.